The van der Waals surface area contributed by atoms with Crippen LogP contribution in [0.4, 0.5) is 0 Å². The van der Waals surface area contributed by atoms with Crippen LogP contribution < -0.4 is 0 Å². The first-order valence-electron chi connectivity index (χ1n) is 7.34. The molecule has 21 heavy (non-hydrogen) atoms. The lowest BCUT2D eigenvalue weighted by Crippen LogP contribution is -2.26. The zero-order valence-electron chi connectivity index (χ0n) is 11.9. The number of fused-ring (bicyclic) bond motifs is 4. The first-order chi connectivity index (χ1) is 10.2. The molecule has 2 atom stereocenters. The molecule has 3 heteroatoms. The molecular formula is C18H17NO2. The minimum Gasteiger partial charge on any atom is -0.390 e. The topological polar surface area (TPSA) is 53.4 Å². The number of aliphatic hydroxyl groups excluding tert-OH is 2. The molecule has 0 saturated carbocycles. The molecule has 2 aromatic carbocycles. The Balaban J connectivity index is 2.12. The molecule has 3 aromatic rings. The van der Waals surface area contributed by atoms with Crippen molar-refractivity contribution in [3.8, 4) is 0 Å². The van der Waals surface area contributed by atoms with Gasteiger partial charge in [0, 0.05) is 22.0 Å². The summed E-state index contributed by atoms with van der Waals surface area (Å²) < 4.78 is 0. The summed E-state index contributed by atoms with van der Waals surface area (Å²) >= 11 is 0. The summed E-state index contributed by atoms with van der Waals surface area (Å²) in [6.45, 7) is 2.01. The van der Waals surface area contributed by atoms with Gasteiger partial charge < -0.3 is 10.2 Å². The molecule has 1 aromatic heterocycles. The van der Waals surface area contributed by atoms with Crippen LogP contribution in [-0.2, 0) is 6.42 Å². The number of nitrogens with zero attached hydrogens (tertiary/aromatic N) is 1. The predicted molar refractivity (Wildman–Crippen MR) is 83.3 cm³/mol. The molecule has 1 aliphatic carbocycles. The van der Waals surface area contributed by atoms with Gasteiger partial charge in [0.05, 0.1) is 11.6 Å². The van der Waals surface area contributed by atoms with E-state index in [0.29, 0.717) is 12.8 Å². The number of pyridine rings is 1. The van der Waals surface area contributed by atoms with Crippen molar-refractivity contribution in [2.45, 2.75) is 32.0 Å². The van der Waals surface area contributed by atoms with Crippen molar-refractivity contribution in [3.05, 3.63) is 53.2 Å². The van der Waals surface area contributed by atoms with Crippen LogP contribution in [-0.4, -0.2) is 21.3 Å². The van der Waals surface area contributed by atoms with Crippen molar-refractivity contribution in [2.75, 3.05) is 0 Å². The fourth-order valence-electron chi connectivity index (χ4n) is 3.45. The molecule has 0 aliphatic heterocycles. The summed E-state index contributed by atoms with van der Waals surface area (Å²) in [5, 5.41) is 23.6. The molecule has 0 unspecified atom stereocenters. The normalized spacial score (nSPS) is 21.7. The zero-order chi connectivity index (χ0) is 14.6. The highest BCUT2D eigenvalue weighted by Crippen LogP contribution is 2.36. The van der Waals surface area contributed by atoms with Gasteiger partial charge in [-0.1, -0.05) is 36.4 Å². The van der Waals surface area contributed by atoms with Crippen LogP contribution in [0, 0.1) is 6.92 Å². The third kappa shape index (κ3) is 1.78. The van der Waals surface area contributed by atoms with E-state index in [-0.39, 0.29) is 0 Å². The van der Waals surface area contributed by atoms with E-state index >= 15 is 0 Å². The van der Waals surface area contributed by atoms with Gasteiger partial charge in [0.2, 0.25) is 0 Å². The van der Waals surface area contributed by atoms with Crippen molar-refractivity contribution in [2.24, 2.45) is 0 Å². The summed E-state index contributed by atoms with van der Waals surface area (Å²) in [7, 11) is 0. The van der Waals surface area contributed by atoms with Crippen LogP contribution >= 0.6 is 0 Å². The van der Waals surface area contributed by atoms with E-state index in [1.54, 1.807) is 0 Å². The average Bonchev–Trinajstić information content (AvgIpc) is 2.51. The smallest absolute Gasteiger partial charge is 0.107 e. The van der Waals surface area contributed by atoms with Crippen molar-refractivity contribution >= 4 is 21.7 Å². The molecule has 0 bridgehead atoms. The summed E-state index contributed by atoms with van der Waals surface area (Å²) in [6.07, 6.45) is -0.224. The Labute approximate surface area is 122 Å². The maximum absolute atomic E-state index is 10.3. The van der Waals surface area contributed by atoms with Crippen molar-refractivity contribution in [3.63, 3.8) is 0 Å². The van der Waals surface area contributed by atoms with E-state index < -0.39 is 12.2 Å². The van der Waals surface area contributed by atoms with Gasteiger partial charge in [0.1, 0.15) is 6.10 Å². The van der Waals surface area contributed by atoms with Crippen molar-refractivity contribution < 1.29 is 10.2 Å². The summed E-state index contributed by atoms with van der Waals surface area (Å²) in [4.78, 5) is 4.82. The largest absolute Gasteiger partial charge is 0.390 e. The fraction of sp³-hybridized carbons (Fsp3) is 0.278. The number of benzene rings is 2. The Hall–Kier alpha value is -1.97. The number of aliphatic hydroxyl groups is 2. The summed E-state index contributed by atoms with van der Waals surface area (Å²) in [5.41, 5.74) is 3.77. The Kier molecular flexibility index (Phi) is 2.74. The maximum atomic E-state index is 10.3. The number of aryl methyl sites for hydroxylation is 2. The molecule has 0 spiro atoms. The van der Waals surface area contributed by atoms with E-state index in [2.05, 4.69) is 24.3 Å². The summed E-state index contributed by atoms with van der Waals surface area (Å²) in [5.74, 6) is 0. The van der Waals surface area contributed by atoms with Crippen LogP contribution in [0.2, 0.25) is 0 Å². The van der Waals surface area contributed by atoms with Crippen LogP contribution in [0.1, 0.15) is 29.3 Å². The standard InChI is InChI=1S/C18H17NO2/c1-10-12-7-6-11-4-2-3-5-13(11)17(12)19-14-8-9-15(20)18(21)16(10)14/h2-7,15,18,20-21H,8-9H2,1H3/t15-,18+/m1/s1. The van der Waals surface area contributed by atoms with Crippen LogP contribution in [0.3, 0.4) is 0 Å². The molecule has 0 fully saturated rings. The van der Waals surface area contributed by atoms with Crippen LogP contribution in [0.5, 0.6) is 0 Å². The minimum atomic E-state index is -0.822. The lowest BCUT2D eigenvalue weighted by molar-refractivity contribution is 0.00554. The van der Waals surface area contributed by atoms with Gasteiger partial charge >= 0.3 is 0 Å². The maximum Gasteiger partial charge on any atom is 0.107 e. The molecule has 0 saturated heterocycles. The first kappa shape index (κ1) is 12.7. The Morgan fingerprint density at radius 2 is 1.86 bits per heavy atom. The van der Waals surface area contributed by atoms with E-state index in [1.165, 1.54) is 5.39 Å². The van der Waals surface area contributed by atoms with Gasteiger partial charge in [0.25, 0.3) is 0 Å². The number of aromatic nitrogens is 1. The van der Waals surface area contributed by atoms with Crippen LogP contribution in [0.15, 0.2) is 36.4 Å². The van der Waals surface area contributed by atoms with E-state index in [9.17, 15) is 10.2 Å². The van der Waals surface area contributed by atoms with Gasteiger partial charge in [-0.05, 0) is 30.7 Å². The average molecular weight is 279 g/mol. The molecule has 2 N–H and O–H groups in total. The Bertz CT molecular complexity index is 857. The molecule has 106 valence electrons. The van der Waals surface area contributed by atoms with Crippen molar-refractivity contribution in [1.82, 2.24) is 4.98 Å². The highest BCUT2D eigenvalue weighted by atomic mass is 16.3. The molecule has 0 amide bonds. The second kappa shape index (κ2) is 4.52. The molecule has 1 heterocycles. The van der Waals surface area contributed by atoms with Gasteiger partial charge in [-0.2, -0.15) is 0 Å². The highest BCUT2D eigenvalue weighted by molar-refractivity contribution is 6.06. The predicted octanol–water partition coefficient (Wildman–Crippen LogP) is 3.04. The third-order valence-corrected chi connectivity index (χ3v) is 4.60. The second-order valence-electron chi connectivity index (χ2n) is 5.83. The molecular weight excluding hydrogens is 262 g/mol. The quantitative estimate of drug-likeness (QED) is 0.622. The molecule has 1 aliphatic rings. The molecule has 4 rings (SSSR count). The first-order valence-corrected chi connectivity index (χ1v) is 7.34. The highest BCUT2D eigenvalue weighted by Gasteiger charge is 2.29. The van der Waals surface area contributed by atoms with Crippen molar-refractivity contribution in [1.29, 1.82) is 0 Å². The zero-order valence-corrected chi connectivity index (χ0v) is 11.9. The van der Waals surface area contributed by atoms with E-state index in [4.69, 9.17) is 4.98 Å². The number of hydrogen-bond donors (Lipinski definition) is 2. The lowest BCUT2D eigenvalue weighted by Gasteiger charge is -2.28. The minimum absolute atomic E-state index is 0.566. The lowest BCUT2D eigenvalue weighted by atomic mass is 9.86. The summed E-state index contributed by atoms with van der Waals surface area (Å²) in [6, 6.07) is 12.4. The fourth-order valence-corrected chi connectivity index (χ4v) is 3.45. The second-order valence-corrected chi connectivity index (χ2v) is 5.83. The van der Waals surface area contributed by atoms with Gasteiger partial charge in [-0.3, -0.25) is 4.98 Å². The van der Waals surface area contributed by atoms with Gasteiger partial charge in [-0.25, -0.2) is 0 Å². The third-order valence-electron chi connectivity index (χ3n) is 4.60. The molecule has 0 radical (unpaired) electrons. The van der Waals surface area contributed by atoms with E-state index in [0.717, 1.165) is 33.1 Å². The van der Waals surface area contributed by atoms with Crippen LogP contribution in [0.25, 0.3) is 21.7 Å². The monoisotopic (exact) mass is 279 g/mol. The SMILES string of the molecule is Cc1c2c(nc3c1ccc1ccccc13)CC[C@@H](O)[C@@H]2O. The number of hydrogen-bond acceptors (Lipinski definition) is 3. The van der Waals surface area contributed by atoms with Gasteiger partial charge in [0.15, 0.2) is 0 Å². The Morgan fingerprint density at radius 3 is 2.71 bits per heavy atom. The van der Waals surface area contributed by atoms with Gasteiger partial charge in [-0.15, -0.1) is 0 Å². The van der Waals surface area contributed by atoms with E-state index in [1.807, 2.05) is 19.1 Å². The number of rotatable bonds is 0. The Morgan fingerprint density at radius 1 is 1.05 bits per heavy atom. The molecule has 3 nitrogen and oxygen atoms in total.